The predicted molar refractivity (Wildman–Crippen MR) is 99.0 cm³/mol. The van der Waals surface area contributed by atoms with Crippen LogP contribution in [0.5, 0.6) is 17.2 Å². The number of alkyl halides is 3. The van der Waals surface area contributed by atoms with Crippen LogP contribution >= 0.6 is 0 Å². The van der Waals surface area contributed by atoms with Crippen molar-refractivity contribution in [2.45, 2.75) is 44.6 Å². The van der Waals surface area contributed by atoms with E-state index >= 15 is 0 Å². The summed E-state index contributed by atoms with van der Waals surface area (Å²) in [4.78, 5) is 12.5. The molecule has 3 atom stereocenters. The molecule has 2 aromatic carbocycles. The third-order valence-electron chi connectivity index (χ3n) is 5.80. The second-order valence-electron chi connectivity index (χ2n) is 7.91. The number of carbonyl (C=O) groups is 1. The Bertz CT molecular complexity index is 897. The minimum Gasteiger partial charge on any atom is -0.483 e. The molecule has 0 radical (unpaired) electrons. The Morgan fingerprint density at radius 3 is 2.45 bits per heavy atom. The number of carbonyl (C=O) groups excluding carboxylic acids is 1. The minimum atomic E-state index is -4.86. The lowest BCUT2D eigenvalue weighted by Crippen LogP contribution is -2.38. The molecule has 0 aliphatic heterocycles. The van der Waals surface area contributed by atoms with Crippen LogP contribution in [0, 0.1) is 11.8 Å². The van der Waals surface area contributed by atoms with E-state index in [2.05, 4.69) is 4.74 Å². The fourth-order valence-electron chi connectivity index (χ4n) is 4.51. The van der Waals surface area contributed by atoms with Gasteiger partial charge in [-0.1, -0.05) is 18.2 Å². The molecule has 7 heteroatoms. The Kier molecular flexibility index (Phi) is 4.92. The van der Waals surface area contributed by atoms with Crippen LogP contribution in [0.2, 0.25) is 0 Å². The number of fused-ring (bicyclic) bond motifs is 2. The summed E-state index contributed by atoms with van der Waals surface area (Å²) in [6.07, 6.45) is -0.950. The van der Waals surface area contributed by atoms with Crippen LogP contribution in [0.25, 0.3) is 0 Å². The summed E-state index contributed by atoms with van der Waals surface area (Å²) < 4.78 is 54.1. The van der Waals surface area contributed by atoms with Crippen LogP contribution in [0.4, 0.5) is 13.2 Å². The molecule has 2 aliphatic carbocycles. The number of ether oxygens (including phenoxy) is 3. The average Bonchev–Trinajstić information content (AvgIpc) is 3.23. The van der Waals surface area contributed by atoms with Crippen molar-refractivity contribution >= 4 is 5.97 Å². The molecule has 0 saturated heterocycles. The summed E-state index contributed by atoms with van der Waals surface area (Å²) in [5.41, 5.74) is -0.487. The molecule has 2 fully saturated rings. The van der Waals surface area contributed by atoms with E-state index in [4.69, 9.17) is 9.47 Å². The standard InChI is InChI=1S/C22H21F3O4/c1-21(13-14-7-9-16(21)11-14)28-19-12-15(8-10-18(19)29-22(23,24)25)20(26)27-17-5-3-2-4-6-17/h2-6,8,10,12,14,16H,7,9,11,13H2,1H3. The van der Waals surface area contributed by atoms with Gasteiger partial charge in [0.2, 0.25) is 0 Å². The van der Waals surface area contributed by atoms with Crippen LogP contribution in [-0.4, -0.2) is 17.9 Å². The van der Waals surface area contributed by atoms with Gasteiger partial charge in [-0.2, -0.15) is 0 Å². The highest BCUT2D eigenvalue weighted by atomic mass is 19.4. The number of rotatable bonds is 5. The van der Waals surface area contributed by atoms with E-state index in [0.717, 1.165) is 31.7 Å². The van der Waals surface area contributed by atoms with Crippen LogP contribution in [0.3, 0.4) is 0 Å². The van der Waals surface area contributed by atoms with Crippen LogP contribution in [0.1, 0.15) is 43.0 Å². The summed E-state index contributed by atoms with van der Waals surface area (Å²) in [5, 5.41) is 0. The van der Waals surface area contributed by atoms with Gasteiger partial charge in [-0.15, -0.1) is 13.2 Å². The molecule has 0 spiro atoms. The van der Waals surface area contributed by atoms with Gasteiger partial charge < -0.3 is 14.2 Å². The highest BCUT2D eigenvalue weighted by Gasteiger charge is 2.50. The molecular formula is C22H21F3O4. The molecule has 0 aromatic heterocycles. The summed E-state index contributed by atoms with van der Waals surface area (Å²) in [6.45, 7) is 1.92. The zero-order valence-corrected chi connectivity index (χ0v) is 15.9. The fourth-order valence-corrected chi connectivity index (χ4v) is 4.51. The van der Waals surface area contributed by atoms with E-state index in [1.165, 1.54) is 12.1 Å². The van der Waals surface area contributed by atoms with Gasteiger partial charge in [-0.05, 0) is 74.8 Å². The summed E-state index contributed by atoms with van der Waals surface area (Å²) in [5.74, 6) is -0.0830. The Labute approximate surface area is 166 Å². The first-order valence-electron chi connectivity index (χ1n) is 9.58. The van der Waals surface area contributed by atoms with Gasteiger partial charge in [0.1, 0.15) is 11.4 Å². The maximum absolute atomic E-state index is 12.9. The molecule has 29 heavy (non-hydrogen) atoms. The zero-order chi connectivity index (χ0) is 20.6. The number of hydrogen-bond acceptors (Lipinski definition) is 4. The monoisotopic (exact) mass is 406 g/mol. The lowest BCUT2D eigenvalue weighted by Gasteiger charge is -2.35. The number of halogens is 3. The average molecular weight is 406 g/mol. The zero-order valence-electron chi connectivity index (χ0n) is 15.9. The van der Waals surface area contributed by atoms with Crippen molar-refractivity contribution in [2.75, 3.05) is 0 Å². The quantitative estimate of drug-likeness (QED) is 0.468. The largest absolute Gasteiger partial charge is 0.573 e. The number of benzene rings is 2. The molecule has 2 aliphatic rings. The third-order valence-corrected chi connectivity index (χ3v) is 5.80. The molecule has 0 heterocycles. The maximum atomic E-state index is 12.9. The van der Waals surface area contributed by atoms with Crippen molar-refractivity contribution in [3.8, 4) is 17.2 Å². The van der Waals surface area contributed by atoms with E-state index in [1.54, 1.807) is 30.3 Å². The van der Waals surface area contributed by atoms with Gasteiger partial charge >= 0.3 is 12.3 Å². The summed E-state index contributed by atoms with van der Waals surface area (Å²) in [7, 11) is 0. The van der Waals surface area contributed by atoms with Crippen LogP contribution in [-0.2, 0) is 0 Å². The molecule has 3 unspecified atom stereocenters. The van der Waals surface area contributed by atoms with Gasteiger partial charge in [-0.3, -0.25) is 0 Å². The molecule has 4 rings (SSSR count). The number of esters is 1. The molecule has 2 aromatic rings. The molecule has 2 saturated carbocycles. The minimum absolute atomic E-state index is 0.0881. The van der Waals surface area contributed by atoms with Crippen molar-refractivity contribution < 1.29 is 32.2 Å². The molecule has 0 N–H and O–H groups in total. The smallest absolute Gasteiger partial charge is 0.483 e. The normalized spacial score (nSPS) is 25.7. The Balaban J connectivity index is 1.61. The fraction of sp³-hybridized carbons (Fsp3) is 0.409. The predicted octanol–water partition coefficient (Wildman–Crippen LogP) is 5.76. The lowest BCUT2D eigenvalue weighted by molar-refractivity contribution is -0.275. The molecule has 2 bridgehead atoms. The molecule has 154 valence electrons. The van der Waals surface area contributed by atoms with Gasteiger partial charge in [0, 0.05) is 0 Å². The molecular weight excluding hydrogens is 385 g/mol. The van der Waals surface area contributed by atoms with Gasteiger partial charge in [0.05, 0.1) is 5.56 Å². The molecule has 4 nitrogen and oxygen atoms in total. The van der Waals surface area contributed by atoms with Crippen molar-refractivity contribution in [1.29, 1.82) is 0 Å². The van der Waals surface area contributed by atoms with Crippen molar-refractivity contribution in [1.82, 2.24) is 0 Å². The van der Waals surface area contributed by atoms with Crippen LogP contribution in [0.15, 0.2) is 48.5 Å². The van der Waals surface area contributed by atoms with Crippen molar-refractivity contribution in [2.24, 2.45) is 11.8 Å². The Hall–Kier alpha value is -2.70. The first-order valence-corrected chi connectivity index (χ1v) is 9.58. The highest BCUT2D eigenvalue weighted by Crippen LogP contribution is 2.53. The second kappa shape index (κ2) is 7.28. The topological polar surface area (TPSA) is 44.8 Å². The lowest BCUT2D eigenvalue weighted by atomic mass is 9.85. The number of para-hydroxylation sites is 1. The maximum Gasteiger partial charge on any atom is 0.573 e. The van der Waals surface area contributed by atoms with E-state index < -0.39 is 23.7 Å². The summed E-state index contributed by atoms with van der Waals surface area (Å²) in [6, 6.07) is 12.1. The van der Waals surface area contributed by atoms with Crippen LogP contribution < -0.4 is 14.2 Å². The number of hydrogen-bond donors (Lipinski definition) is 0. The van der Waals surface area contributed by atoms with Gasteiger partial charge in [0.25, 0.3) is 0 Å². The summed E-state index contributed by atoms with van der Waals surface area (Å²) >= 11 is 0. The highest BCUT2D eigenvalue weighted by molar-refractivity contribution is 5.91. The van der Waals surface area contributed by atoms with Crippen molar-refractivity contribution in [3.05, 3.63) is 54.1 Å². The van der Waals surface area contributed by atoms with E-state index in [0.29, 0.717) is 11.7 Å². The first kappa shape index (κ1) is 19.6. The second-order valence-corrected chi connectivity index (χ2v) is 7.91. The Morgan fingerprint density at radius 2 is 1.83 bits per heavy atom. The SMILES string of the molecule is CC1(Oc2cc(C(=O)Oc3ccccc3)ccc2OC(F)(F)F)CC2CCC1C2. The van der Waals surface area contributed by atoms with E-state index in [-0.39, 0.29) is 17.2 Å². The van der Waals surface area contributed by atoms with E-state index in [1.807, 2.05) is 6.92 Å². The molecule has 0 amide bonds. The van der Waals surface area contributed by atoms with E-state index in [9.17, 15) is 18.0 Å². The van der Waals surface area contributed by atoms with Gasteiger partial charge in [-0.25, -0.2) is 4.79 Å². The van der Waals surface area contributed by atoms with Gasteiger partial charge in [0.15, 0.2) is 11.5 Å². The first-order chi connectivity index (χ1) is 13.7. The third kappa shape index (κ3) is 4.33. The van der Waals surface area contributed by atoms with Crippen molar-refractivity contribution in [3.63, 3.8) is 0 Å². The Morgan fingerprint density at radius 1 is 1.07 bits per heavy atom.